The van der Waals surface area contributed by atoms with E-state index in [2.05, 4.69) is 5.32 Å². The van der Waals surface area contributed by atoms with Crippen LogP contribution in [0.3, 0.4) is 0 Å². The van der Waals surface area contributed by atoms with Gasteiger partial charge >= 0.3 is 0 Å². The van der Waals surface area contributed by atoms with Crippen LogP contribution in [0.25, 0.3) is 10.9 Å². The summed E-state index contributed by atoms with van der Waals surface area (Å²) in [6.07, 6.45) is 2.22. The van der Waals surface area contributed by atoms with E-state index in [1.165, 1.54) is 12.1 Å². The summed E-state index contributed by atoms with van der Waals surface area (Å²) in [6.45, 7) is 2.02. The van der Waals surface area contributed by atoms with E-state index < -0.39 is 5.82 Å². The van der Waals surface area contributed by atoms with Gasteiger partial charge in [0.2, 0.25) is 5.91 Å². The lowest BCUT2D eigenvalue weighted by atomic mass is 10.2. The lowest BCUT2D eigenvalue weighted by Gasteiger charge is -2.07. The number of carbonyl (C=O) groups is 2. The van der Waals surface area contributed by atoms with Gasteiger partial charge in [-0.3, -0.25) is 9.59 Å². The Morgan fingerprint density at radius 3 is 2.65 bits per heavy atom. The number of fused-ring (bicyclic) bond motifs is 1. The molecule has 0 radical (unpaired) electrons. The van der Waals surface area contributed by atoms with Crippen molar-refractivity contribution in [3.05, 3.63) is 65.6 Å². The van der Waals surface area contributed by atoms with Gasteiger partial charge in [0.05, 0.1) is 0 Å². The van der Waals surface area contributed by atoms with Crippen molar-refractivity contribution in [2.24, 2.45) is 0 Å². The molecule has 23 heavy (non-hydrogen) atoms. The Morgan fingerprint density at radius 2 is 1.96 bits per heavy atom. The molecule has 0 atom stereocenters. The van der Waals surface area contributed by atoms with Gasteiger partial charge in [-0.1, -0.05) is 17.7 Å². The third-order valence-corrected chi connectivity index (χ3v) is 3.65. The van der Waals surface area contributed by atoms with Crippen LogP contribution in [0.4, 0.5) is 10.1 Å². The fraction of sp³-hybridized carbons (Fsp3) is 0.111. The van der Waals surface area contributed by atoms with Crippen LogP contribution in [0.5, 0.6) is 0 Å². The van der Waals surface area contributed by atoms with Crippen LogP contribution in [0, 0.1) is 12.7 Å². The monoisotopic (exact) mass is 310 g/mol. The number of hydrogen-bond donors (Lipinski definition) is 1. The zero-order chi connectivity index (χ0) is 16.4. The molecule has 116 valence electrons. The van der Waals surface area contributed by atoms with Gasteiger partial charge in [-0.2, -0.15) is 0 Å². The summed E-state index contributed by atoms with van der Waals surface area (Å²) < 4.78 is 15.0. The standard InChI is InChI=1S/C18H15FN2O2/c1-12-2-5-15(6-3-12)20-18(23)10-21-9-13(11-22)16-8-14(19)4-7-17(16)21/h2-9,11H,10H2,1H3,(H,20,23). The molecule has 0 saturated carbocycles. The highest BCUT2D eigenvalue weighted by Crippen LogP contribution is 2.21. The van der Waals surface area contributed by atoms with Gasteiger partial charge in [0.15, 0.2) is 6.29 Å². The second-order valence-corrected chi connectivity index (χ2v) is 5.41. The molecule has 1 N–H and O–H groups in total. The summed E-state index contributed by atoms with van der Waals surface area (Å²) >= 11 is 0. The molecule has 4 nitrogen and oxygen atoms in total. The molecule has 0 saturated heterocycles. The van der Waals surface area contributed by atoms with Gasteiger partial charge in [0.25, 0.3) is 0 Å². The summed E-state index contributed by atoms with van der Waals surface area (Å²) in [6, 6.07) is 11.7. The summed E-state index contributed by atoms with van der Waals surface area (Å²) in [7, 11) is 0. The normalized spacial score (nSPS) is 10.7. The Labute approximate surface area is 132 Å². The van der Waals surface area contributed by atoms with Crippen molar-refractivity contribution in [2.75, 3.05) is 5.32 Å². The zero-order valence-corrected chi connectivity index (χ0v) is 12.5. The van der Waals surface area contributed by atoms with Crippen LogP contribution in [0.1, 0.15) is 15.9 Å². The minimum atomic E-state index is -0.414. The predicted octanol–water partition coefficient (Wildman–Crippen LogP) is 3.54. The molecule has 0 aliphatic rings. The van der Waals surface area contributed by atoms with Crippen molar-refractivity contribution < 1.29 is 14.0 Å². The van der Waals surface area contributed by atoms with Gasteiger partial charge in [0.1, 0.15) is 12.4 Å². The number of amides is 1. The van der Waals surface area contributed by atoms with E-state index in [-0.39, 0.29) is 12.5 Å². The Hall–Kier alpha value is -2.95. The molecule has 1 heterocycles. The van der Waals surface area contributed by atoms with Crippen LogP contribution >= 0.6 is 0 Å². The Bertz CT molecular complexity index is 882. The summed E-state index contributed by atoms with van der Waals surface area (Å²) in [5.74, 6) is -0.630. The summed E-state index contributed by atoms with van der Waals surface area (Å²) in [4.78, 5) is 23.3. The first kappa shape index (κ1) is 15.0. The highest BCUT2D eigenvalue weighted by atomic mass is 19.1. The van der Waals surface area contributed by atoms with Crippen molar-refractivity contribution in [1.82, 2.24) is 4.57 Å². The number of anilines is 1. The van der Waals surface area contributed by atoms with Gasteiger partial charge < -0.3 is 9.88 Å². The first-order valence-electron chi connectivity index (χ1n) is 7.17. The average Bonchev–Trinajstić information content (AvgIpc) is 2.86. The van der Waals surface area contributed by atoms with E-state index in [4.69, 9.17) is 0 Å². The number of hydrogen-bond acceptors (Lipinski definition) is 2. The van der Waals surface area contributed by atoms with E-state index in [1.54, 1.807) is 16.8 Å². The van der Waals surface area contributed by atoms with Crippen molar-refractivity contribution >= 4 is 28.8 Å². The number of carbonyl (C=O) groups excluding carboxylic acids is 2. The zero-order valence-electron chi connectivity index (χ0n) is 12.5. The van der Waals surface area contributed by atoms with Crippen molar-refractivity contribution in [2.45, 2.75) is 13.5 Å². The van der Waals surface area contributed by atoms with Gasteiger partial charge in [-0.25, -0.2) is 4.39 Å². The number of nitrogens with one attached hydrogen (secondary N) is 1. The molecule has 1 aromatic heterocycles. The van der Waals surface area contributed by atoms with Crippen molar-refractivity contribution in [3.8, 4) is 0 Å². The summed E-state index contributed by atoms with van der Waals surface area (Å²) in [5.41, 5.74) is 2.82. The molecular formula is C18H15FN2O2. The molecule has 0 unspecified atom stereocenters. The number of aryl methyl sites for hydroxylation is 1. The van der Waals surface area contributed by atoms with Crippen LogP contribution in [0.15, 0.2) is 48.7 Å². The predicted molar refractivity (Wildman–Crippen MR) is 87.1 cm³/mol. The Morgan fingerprint density at radius 1 is 1.22 bits per heavy atom. The van der Waals surface area contributed by atoms with Crippen molar-refractivity contribution in [1.29, 1.82) is 0 Å². The highest BCUT2D eigenvalue weighted by Gasteiger charge is 2.12. The molecule has 3 aromatic rings. The number of rotatable bonds is 4. The molecule has 1 amide bonds. The second kappa shape index (κ2) is 6.04. The quantitative estimate of drug-likeness (QED) is 0.749. The molecule has 0 aliphatic carbocycles. The maximum absolute atomic E-state index is 13.3. The minimum absolute atomic E-state index is 0.0455. The Balaban J connectivity index is 1.84. The average molecular weight is 310 g/mol. The largest absolute Gasteiger partial charge is 0.337 e. The van der Waals surface area contributed by atoms with Gasteiger partial charge in [-0.05, 0) is 37.3 Å². The van der Waals surface area contributed by atoms with Gasteiger partial charge in [-0.15, -0.1) is 0 Å². The molecule has 3 rings (SSSR count). The molecular weight excluding hydrogens is 295 g/mol. The fourth-order valence-corrected chi connectivity index (χ4v) is 2.51. The van der Waals surface area contributed by atoms with E-state index >= 15 is 0 Å². The number of aldehydes is 1. The number of halogens is 1. The minimum Gasteiger partial charge on any atom is -0.337 e. The summed E-state index contributed by atoms with van der Waals surface area (Å²) in [5, 5.41) is 3.30. The number of nitrogens with zero attached hydrogens (tertiary/aromatic N) is 1. The molecule has 0 fully saturated rings. The third kappa shape index (κ3) is 3.13. The molecule has 0 spiro atoms. The van der Waals surface area contributed by atoms with Crippen LogP contribution in [0.2, 0.25) is 0 Å². The maximum atomic E-state index is 13.3. The fourth-order valence-electron chi connectivity index (χ4n) is 2.51. The molecule has 0 bridgehead atoms. The Kier molecular flexibility index (Phi) is 3.93. The third-order valence-electron chi connectivity index (χ3n) is 3.65. The number of benzene rings is 2. The van der Waals surface area contributed by atoms with Gasteiger partial charge in [0, 0.05) is 28.4 Å². The van der Waals surface area contributed by atoms with Crippen LogP contribution < -0.4 is 5.32 Å². The first-order valence-corrected chi connectivity index (χ1v) is 7.17. The van der Waals surface area contributed by atoms with Crippen molar-refractivity contribution in [3.63, 3.8) is 0 Å². The lowest BCUT2D eigenvalue weighted by Crippen LogP contribution is -2.18. The van der Waals surface area contributed by atoms with E-state index in [1.807, 2.05) is 31.2 Å². The smallest absolute Gasteiger partial charge is 0.244 e. The highest BCUT2D eigenvalue weighted by molar-refractivity contribution is 5.99. The van der Waals surface area contributed by atoms with E-state index in [9.17, 15) is 14.0 Å². The van der Waals surface area contributed by atoms with E-state index in [0.29, 0.717) is 28.4 Å². The maximum Gasteiger partial charge on any atom is 0.244 e. The second-order valence-electron chi connectivity index (χ2n) is 5.41. The lowest BCUT2D eigenvalue weighted by molar-refractivity contribution is -0.116. The SMILES string of the molecule is Cc1ccc(NC(=O)Cn2cc(C=O)c3cc(F)ccc32)cc1. The van der Waals surface area contributed by atoms with Crippen LogP contribution in [-0.2, 0) is 11.3 Å². The topological polar surface area (TPSA) is 51.1 Å². The van der Waals surface area contributed by atoms with E-state index in [0.717, 1.165) is 5.56 Å². The molecule has 0 aliphatic heterocycles. The molecule has 5 heteroatoms. The molecule has 2 aromatic carbocycles. The van der Waals surface area contributed by atoms with Crippen LogP contribution in [-0.4, -0.2) is 16.8 Å². The number of aromatic nitrogens is 1. The first-order chi connectivity index (χ1) is 11.1.